The highest BCUT2D eigenvalue weighted by molar-refractivity contribution is 8.00. The van der Waals surface area contributed by atoms with Gasteiger partial charge in [-0.15, -0.1) is 11.8 Å². The second kappa shape index (κ2) is 9.59. The Kier molecular flexibility index (Phi) is 7.45. The molecule has 0 fully saturated rings. The van der Waals surface area contributed by atoms with Gasteiger partial charge in [0, 0.05) is 10.8 Å². The van der Waals surface area contributed by atoms with E-state index < -0.39 is 46.7 Å². The van der Waals surface area contributed by atoms with Gasteiger partial charge in [0.15, 0.2) is 17.5 Å². The molecule has 2 amide bonds. The molecule has 150 valence electrons. The SMILES string of the molecule is CC(SC(C)c1ccccc1F)C(=O)NCC(=O)Nc1ccc(F)c(F)c1F. The summed E-state index contributed by atoms with van der Waals surface area (Å²) >= 11 is 1.20. The van der Waals surface area contributed by atoms with Gasteiger partial charge in [-0.1, -0.05) is 18.2 Å². The van der Waals surface area contributed by atoms with Crippen molar-refractivity contribution in [3.8, 4) is 0 Å². The fourth-order valence-electron chi connectivity index (χ4n) is 2.37. The topological polar surface area (TPSA) is 58.2 Å². The van der Waals surface area contributed by atoms with Crippen molar-refractivity contribution >= 4 is 29.3 Å². The minimum absolute atomic E-state index is 0.299. The van der Waals surface area contributed by atoms with Gasteiger partial charge >= 0.3 is 0 Å². The standard InChI is InChI=1S/C19H18F4N2O2S/c1-10(12-5-3-4-6-13(12)20)28-11(2)19(27)24-9-16(26)25-15-8-7-14(21)17(22)18(15)23/h3-8,10-11H,9H2,1-2H3,(H,24,27)(H,25,26). The van der Waals surface area contributed by atoms with E-state index in [0.717, 1.165) is 6.07 Å². The first-order valence-electron chi connectivity index (χ1n) is 8.31. The number of carbonyl (C=O) groups excluding carboxylic acids is 2. The molecule has 0 radical (unpaired) electrons. The van der Waals surface area contributed by atoms with Crippen LogP contribution in [0, 0.1) is 23.3 Å². The van der Waals surface area contributed by atoms with Gasteiger partial charge in [0.2, 0.25) is 11.8 Å². The molecule has 2 aromatic rings. The number of nitrogens with one attached hydrogen (secondary N) is 2. The zero-order chi connectivity index (χ0) is 20.8. The maximum Gasteiger partial charge on any atom is 0.243 e. The zero-order valence-electron chi connectivity index (χ0n) is 15.1. The number of amides is 2. The summed E-state index contributed by atoms with van der Waals surface area (Å²) in [6.07, 6.45) is 0. The van der Waals surface area contributed by atoms with E-state index in [2.05, 4.69) is 10.6 Å². The summed E-state index contributed by atoms with van der Waals surface area (Å²) < 4.78 is 53.4. The van der Waals surface area contributed by atoms with Crippen LogP contribution in [0.5, 0.6) is 0 Å². The zero-order valence-corrected chi connectivity index (χ0v) is 15.9. The van der Waals surface area contributed by atoms with Crippen molar-refractivity contribution in [2.24, 2.45) is 0 Å². The van der Waals surface area contributed by atoms with Crippen molar-refractivity contribution in [1.82, 2.24) is 5.32 Å². The summed E-state index contributed by atoms with van der Waals surface area (Å²) in [4.78, 5) is 23.9. The van der Waals surface area contributed by atoms with E-state index in [1.54, 1.807) is 32.0 Å². The highest BCUT2D eigenvalue weighted by atomic mass is 32.2. The van der Waals surface area contributed by atoms with E-state index in [1.807, 2.05) is 0 Å². The van der Waals surface area contributed by atoms with Crippen LogP contribution in [0.2, 0.25) is 0 Å². The summed E-state index contributed by atoms with van der Waals surface area (Å²) in [6.45, 7) is 2.87. The third-order valence-corrected chi connectivity index (χ3v) is 5.14. The normalized spacial score (nSPS) is 12.9. The average Bonchev–Trinajstić information content (AvgIpc) is 2.66. The molecule has 2 atom stereocenters. The fourth-order valence-corrected chi connectivity index (χ4v) is 3.53. The second-order valence-electron chi connectivity index (χ2n) is 5.93. The van der Waals surface area contributed by atoms with Gasteiger partial charge in [0.1, 0.15) is 5.82 Å². The molecule has 0 saturated carbocycles. The Morgan fingerprint density at radius 3 is 2.32 bits per heavy atom. The lowest BCUT2D eigenvalue weighted by Crippen LogP contribution is -2.37. The van der Waals surface area contributed by atoms with E-state index in [1.165, 1.54) is 17.8 Å². The van der Waals surface area contributed by atoms with Crippen molar-refractivity contribution in [2.45, 2.75) is 24.3 Å². The molecular formula is C19H18F4N2O2S. The van der Waals surface area contributed by atoms with Crippen molar-refractivity contribution in [3.63, 3.8) is 0 Å². The highest BCUT2D eigenvalue weighted by Crippen LogP contribution is 2.33. The predicted octanol–water partition coefficient (Wildman–Crippen LogP) is 4.18. The van der Waals surface area contributed by atoms with Crippen molar-refractivity contribution in [2.75, 3.05) is 11.9 Å². The van der Waals surface area contributed by atoms with Crippen molar-refractivity contribution < 1.29 is 27.2 Å². The second-order valence-corrected chi connectivity index (χ2v) is 7.62. The number of anilines is 1. The molecule has 0 aliphatic heterocycles. The molecule has 0 aliphatic rings. The first-order chi connectivity index (χ1) is 13.2. The monoisotopic (exact) mass is 414 g/mol. The number of halogens is 4. The van der Waals surface area contributed by atoms with Crippen molar-refractivity contribution in [1.29, 1.82) is 0 Å². The van der Waals surface area contributed by atoms with Gasteiger partial charge in [-0.25, -0.2) is 17.6 Å². The number of carbonyl (C=O) groups is 2. The van der Waals surface area contributed by atoms with E-state index in [0.29, 0.717) is 11.6 Å². The minimum Gasteiger partial charge on any atom is -0.346 e. The summed E-state index contributed by atoms with van der Waals surface area (Å²) in [5, 5.41) is 3.52. The molecule has 0 saturated heterocycles. The Hall–Kier alpha value is -2.55. The van der Waals surface area contributed by atoms with Gasteiger partial charge < -0.3 is 10.6 Å². The lowest BCUT2D eigenvalue weighted by molar-refractivity contribution is -0.123. The first-order valence-corrected chi connectivity index (χ1v) is 9.26. The molecular weight excluding hydrogens is 396 g/mol. The Balaban J connectivity index is 1.86. The Morgan fingerprint density at radius 2 is 1.64 bits per heavy atom. The Morgan fingerprint density at radius 1 is 0.964 bits per heavy atom. The lowest BCUT2D eigenvalue weighted by Gasteiger charge is -2.17. The van der Waals surface area contributed by atoms with Crippen LogP contribution in [0.4, 0.5) is 23.2 Å². The maximum absolute atomic E-state index is 13.8. The van der Waals surface area contributed by atoms with Crippen LogP contribution in [0.3, 0.4) is 0 Å². The van der Waals surface area contributed by atoms with Crippen LogP contribution in [0.1, 0.15) is 24.7 Å². The van der Waals surface area contributed by atoms with Crippen LogP contribution in [0.25, 0.3) is 0 Å². The number of benzene rings is 2. The minimum atomic E-state index is -1.70. The van der Waals surface area contributed by atoms with Crippen LogP contribution in [-0.4, -0.2) is 23.6 Å². The number of hydrogen-bond donors (Lipinski definition) is 2. The number of thioether (sulfide) groups is 1. The first kappa shape index (κ1) is 21.7. The van der Waals surface area contributed by atoms with E-state index in [9.17, 15) is 27.2 Å². The smallest absolute Gasteiger partial charge is 0.243 e. The largest absolute Gasteiger partial charge is 0.346 e. The van der Waals surface area contributed by atoms with Crippen LogP contribution in [0.15, 0.2) is 36.4 Å². The predicted molar refractivity (Wildman–Crippen MR) is 99.8 cm³/mol. The molecule has 2 rings (SSSR count). The summed E-state index contributed by atoms with van der Waals surface area (Å²) in [6, 6.07) is 7.78. The molecule has 9 heteroatoms. The molecule has 28 heavy (non-hydrogen) atoms. The summed E-state index contributed by atoms with van der Waals surface area (Å²) in [5.74, 6) is -6.26. The maximum atomic E-state index is 13.8. The van der Waals surface area contributed by atoms with Gasteiger partial charge in [-0.2, -0.15) is 0 Å². The molecule has 0 spiro atoms. The number of rotatable bonds is 7. The van der Waals surface area contributed by atoms with Crippen LogP contribution >= 0.6 is 11.8 Å². The van der Waals surface area contributed by atoms with Gasteiger partial charge in [0.05, 0.1) is 17.5 Å². The third kappa shape index (κ3) is 5.48. The molecule has 0 bridgehead atoms. The molecule has 2 N–H and O–H groups in total. The molecule has 4 nitrogen and oxygen atoms in total. The molecule has 0 aromatic heterocycles. The molecule has 2 unspecified atom stereocenters. The average molecular weight is 414 g/mol. The van der Waals surface area contributed by atoms with Crippen LogP contribution in [-0.2, 0) is 9.59 Å². The quantitative estimate of drug-likeness (QED) is 0.528. The van der Waals surface area contributed by atoms with Gasteiger partial charge in [-0.3, -0.25) is 9.59 Å². The third-order valence-electron chi connectivity index (χ3n) is 3.85. The number of hydrogen-bond acceptors (Lipinski definition) is 3. The Labute approximate surface area is 163 Å². The van der Waals surface area contributed by atoms with Gasteiger partial charge in [0.25, 0.3) is 0 Å². The summed E-state index contributed by atoms with van der Waals surface area (Å²) in [5.41, 5.74) is -0.0764. The van der Waals surface area contributed by atoms with Crippen LogP contribution < -0.4 is 10.6 Å². The molecule has 0 aliphatic carbocycles. The van der Waals surface area contributed by atoms with E-state index >= 15 is 0 Å². The summed E-state index contributed by atoms with van der Waals surface area (Å²) in [7, 11) is 0. The van der Waals surface area contributed by atoms with E-state index in [4.69, 9.17) is 0 Å². The van der Waals surface area contributed by atoms with Crippen molar-refractivity contribution in [3.05, 3.63) is 65.2 Å². The molecule has 0 heterocycles. The fraction of sp³-hybridized carbons (Fsp3) is 0.263. The van der Waals surface area contributed by atoms with Gasteiger partial charge in [-0.05, 0) is 32.0 Å². The lowest BCUT2D eigenvalue weighted by atomic mass is 10.1. The Bertz CT molecular complexity index is 879. The molecule has 2 aromatic carbocycles. The highest BCUT2D eigenvalue weighted by Gasteiger charge is 2.21. The van der Waals surface area contributed by atoms with E-state index in [-0.39, 0.29) is 11.1 Å².